The highest BCUT2D eigenvalue weighted by Gasteiger charge is 2.16. The van der Waals surface area contributed by atoms with E-state index in [1.165, 1.54) is 23.6 Å². The van der Waals surface area contributed by atoms with Crippen LogP contribution in [0.3, 0.4) is 0 Å². The Labute approximate surface area is 172 Å². The average Bonchev–Trinajstić information content (AvgIpc) is 2.70. The SMILES string of the molecule is CCCc1c(OCc2ccc3ncc(CC(=O)O)c(=O)n3c2)ccc(C(C)=O)c1O. The van der Waals surface area contributed by atoms with E-state index in [0.29, 0.717) is 28.9 Å². The number of carbonyl (C=O) groups is 2. The number of Topliss-reactive ketones (excluding diaryl/α,β-unsaturated/α-hetero) is 1. The number of aliphatic carboxylic acids is 1. The van der Waals surface area contributed by atoms with Crippen molar-refractivity contribution >= 4 is 17.4 Å². The number of pyridine rings is 1. The number of ether oxygens (including phenoxy) is 1. The molecule has 0 aliphatic heterocycles. The van der Waals surface area contributed by atoms with Crippen molar-refractivity contribution in [1.82, 2.24) is 9.38 Å². The second-order valence-corrected chi connectivity index (χ2v) is 6.96. The summed E-state index contributed by atoms with van der Waals surface area (Å²) in [5.41, 5.74) is 1.52. The molecule has 8 heteroatoms. The van der Waals surface area contributed by atoms with E-state index in [-0.39, 0.29) is 29.3 Å². The first-order valence-electron chi connectivity index (χ1n) is 9.51. The molecular weight excluding hydrogens is 388 g/mol. The minimum atomic E-state index is -1.11. The van der Waals surface area contributed by atoms with Gasteiger partial charge in [0.2, 0.25) is 0 Å². The number of carboxylic acids is 1. The Morgan fingerprint density at radius 3 is 2.63 bits per heavy atom. The second-order valence-electron chi connectivity index (χ2n) is 6.96. The first-order valence-corrected chi connectivity index (χ1v) is 9.51. The highest BCUT2D eigenvalue weighted by Crippen LogP contribution is 2.33. The Kier molecular flexibility index (Phi) is 6.15. The molecule has 3 rings (SSSR count). The molecule has 8 nitrogen and oxygen atoms in total. The fourth-order valence-electron chi connectivity index (χ4n) is 3.22. The molecule has 0 fully saturated rings. The Morgan fingerprint density at radius 2 is 1.97 bits per heavy atom. The van der Waals surface area contributed by atoms with Crippen molar-refractivity contribution in [3.63, 3.8) is 0 Å². The lowest BCUT2D eigenvalue weighted by atomic mass is 10.0. The number of hydrogen-bond acceptors (Lipinski definition) is 6. The van der Waals surface area contributed by atoms with E-state index in [4.69, 9.17) is 9.84 Å². The fourth-order valence-corrected chi connectivity index (χ4v) is 3.22. The molecular formula is C22H22N2O6. The predicted octanol–water partition coefficient (Wildman–Crippen LogP) is 2.76. The topological polar surface area (TPSA) is 118 Å². The number of phenols is 1. The second kappa shape index (κ2) is 8.77. The van der Waals surface area contributed by atoms with Crippen LogP contribution in [0.5, 0.6) is 11.5 Å². The van der Waals surface area contributed by atoms with Gasteiger partial charge in [0, 0.05) is 29.1 Å². The molecule has 0 aliphatic carbocycles. The number of carboxylic acid groups (broad SMARTS) is 1. The predicted molar refractivity (Wildman–Crippen MR) is 109 cm³/mol. The largest absolute Gasteiger partial charge is 0.507 e. The van der Waals surface area contributed by atoms with Gasteiger partial charge in [-0.05, 0) is 31.5 Å². The summed E-state index contributed by atoms with van der Waals surface area (Å²) >= 11 is 0. The standard InChI is InChI=1S/C22H22N2O6/c1-3-4-17-18(7-6-16(13(2)25)21(17)28)30-12-14-5-8-19-23-10-15(9-20(26)27)22(29)24(19)11-14/h5-8,10-11,28H,3-4,9,12H2,1-2H3,(H,26,27). The first kappa shape index (κ1) is 21.0. The fraction of sp³-hybridized carbons (Fsp3) is 0.273. The number of fused-ring (bicyclic) bond motifs is 1. The molecule has 0 aliphatic rings. The van der Waals surface area contributed by atoms with Crippen LogP contribution in [0.25, 0.3) is 5.65 Å². The Hall–Kier alpha value is -3.68. The van der Waals surface area contributed by atoms with Gasteiger partial charge in [-0.3, -0.25) is 18.8 Å². The normalized spacial score (nSPS) is 10.9. The number of carbonyl (C=O) groups excluding carboxylic acids is 1. The third-order valence-electron chi connectivity index (χ3n) is 4.69. The lowest BCUT2D eigenvalue weighted by Gasteiger charge is -2.15. The third kappa shape index (κ3) is 4.32. The minimum absolute atomic E-state index is 0.0703. The van der Waals surface area contributed by atoms with Crippen LogP contribution in [0.4, 0.5) is 0 Å². The van der Waals surface area contributed by atoms with Gasteiger partial charge in [-0.1, -0.05) is 19.4 Å². The molecule has 0 spiro atoms. The van der Waals surface area contributed by atoms with Gasteiger partial charge < -0.3 is 14.9 Å². The summed E-state index contributed by atoms with van der Waals surface area (Å²) in [5, 5.41) is 19.4. The van der Waals surface area contributed by atoms with E-state index in [2.05, 4.69) is 4.98 Å². The number of benzene rings is 1. The molecule has 1 aromatic carbocycles. The molecule has 0 saturated heterocycles. The summed E-state index contributed by atoms with van der Waals surface area (Å²) in [6, 6.07) is 6.58. The maximum Gasteiger partial charge on any atom is 0.308 e. The van der Waals surface area contributed by atoms with Gasteiger partial charge in [-0.25, -0.2) is 4.98 Å². The maximum absolute atomic E-state index is 12.5. The molecule has 2 heterocycles. The molecule has 3 aromatic rings. The summed E-state index contributed by atoms with van der Waals surface area (Å²) in [7, 11) is 0. The third-order valence-corrected chi connectivity index (χ3v) is 4.69. The molecule has 0 amide bonds. The maximum atomic E-state index is 12.5. The van der Waals surface area contributed by atoms with Gasteiger partial charge >= 0.3 is 5.97 Å². The summed E-state index contributed by atoms with van der Waals surface area (Å²) in [6.07, 6.45) is 3.73. The number of phenolic OH excluding ortho intramolecular Hbond substituents is 1. The van der Waals surface area contributed by atoms with Gasteiger partial charge in [0.1, 0.15) is 23.8 Å². The molecule has 30 heavy (non-hydrogen) atoms. The molecule has 0 atom stereocenters. The summed E-state index contributed by atoms with van der Waals surface area (Å²) < 4.78 is 7.17. The van der Waals surface area contributed by atoms with Crippen LogP contribution in [0.15, 0.2) is 41.5 Å². The Bertz CT molecular complexity index is 1180. The number of ketones is 1. The molecule has 2 aromatic heterocycles. The number of nitrogens with zero attached hydrogens (tertiary/aromatic N) is 2. The van der Waals surface area contributed by atoms with Crippen molar-refractivity contribution in [1.29, 1.82) is 0 Å². The van der Waals surface area contributed by atoms with Crippen LogP contribution in [-0.2, 0) is 24.2 Å². The summed E-state index contributed by atoms with van der Waals surface area (Å²) in [4.78, 5) is 39.3. The van der Waals surface area contributed by atoms with Crippen LogP contribution in [0, 0.1) is 0 Å². The first-order chi connectivity index (χ1) is 14.3. The van der Waals surface area contributed by atoms with E-state index < -0.39 is 17.9 Å². The number of aromatic hydroxyl groups is 1. The Balaban J connectivity index is 1.91. The van der Waals surface area contributed by atoms with Crippen LogP contribution in [0.2, 0.25) is 0 Å². The average molecular weight is 410 g/mol. The monoisotopic (exact) mass is 410 g/mol. The Morgan fingerprint density at radius 1 is 1.20 bits per heavy atom. The smallest absolute Gasteiger partial charge is 0.308 e. The van der Waals surface area contributed by atoms with Crippen LogP contribution in [-0.4, -0.2) is 31.4 Å². The van der Waals surface area contributed by atoms with Crippen LogP contribution < -0.4 is 10.3 Å². The van der Waals surface area contributed by atoms with E-state index in [1.54, 1.807) is 24.4 Å². The molecule has 2 N–H and O–H groups in total. The molecule has 156 valence electrons. The van der Waals surface area contributed by atoms with Crippen molar-refractivity contribution in [3.05, 3.63) is 69.3 Å². The van der Waals surface area contributed by atoms with Crippen molar-refractivity contribution in [2.75, 3.05) is 0 Å². The van der Waals surface area contributed by atoms with Crippen molar-refractivity contribution in [2.24, 2.45) is 0 Å². The number of hydrogen-bond donors (Lipinski definition) is 2. The van der Waals surface area contributed by atoms with Gasteiger partial charge in [0.25, 0.3) is 5.56 Å². The van der Waals surface area contributed by atoms with Gasteiger partial charge in [0.15, 0.2) is 5.78 Å². The molecule has 0 bridgehead atoms. The lowest BCUT2D eigenvalue weighted by molar-refractivity contribution is -0.136. The highest BCUT2D eigenvalue weighted by molar-refractivity contribution is 5.97. The molecule has 0 radical (unpaired) electrons. The quantitative estimate of drug-likeness (QED) is 0.548. The van der Waals surface area contributed by atoms with E-state index in [9.17, 15) is 19.5 Å². The zero-order valence-corrected chi connectivity index (χ0v) is 16.7. The summed E-state index contributed by atoms with van der Waals surface area (Å²) in [6.45, 7) is 3.47. The van der Waals surface area contributed by atoms with E-state index in [1.807, 2.05) is 6.92 Å². The molecule has 0 unspecified atom stereocenters. The lowest BCUT2D eigenvalue weighted by Crippen LogP contribution is -2.22. The van der Waals surface area contributed by atoms with Gasteiger partial charge in [0.05, 0.1) is 12.0 Å². The number of rotatable bonds is 8. The highest BCUT2D eigenvalue weighted by atomic mass is 16.5. The van der Waals surface area contributed by atoms with Crippen molar-refractivity contribution in [3.8, 4) is 11.5 Å². The molecule has 0 saturated carbocycles. The number of aromatic nitrogens is 2. The van der Waals surface area contributed by atoms with E-state index in [0.717, 1.165) is 6.42 Å². The van der Waals surface area contributed by atoms with Gasteiger partial charge in [-0.15, -0.1) is 0 Å². The van der Waals surface area contributed by atoms with Crippen LogP contribution in [0.1, 0.15) is 47.3 Å². The minimum Gasteiger partial charge on any atom is -0.507 e. The zero-order chi connectivity index (χ0) is 21.8. The zero-order valence-electron chi connectivity index (χ0n) is 16.7. The van der Waals surface area contributed by atoms with Crippen LogP contribution >= 0.6 is 0 Å². The summed E-state index contributed by atoms with van der Waals surface area (Å²) in [5.74, 6) is -0.941. The van der Waals surface area contributed by atoms with Crippen molar-refractivity contribution in [2.45, 2.75) is 39.7 Å². The van der Waals surface area contributed by atoms with Gasteiger partial charge in [-0.2, -0.15) is 0 Å². The van der Waals surface area contributed by atoms with E-state index >= 15 is 0 Å². The van der Waals surface area contributed by atoms with Crippen molar-refractivity contribution < 1.29 is 24.5 Å².